The number of hydrogen-bond acceptors (Lipinski definition) is 4. The molecule has 2 aromatic rings. The van der Waals surface area contributed by atoms with Crippen molar-refractivity contribution in [2.24, 2.45) is 0 Å². The summed E-state index contributed by atoms with van der Waals surface area (Å²) in [7, 11) is 0. The molecule has 1 N–H and O–H groups in total. The molecule has 0 saturated carbocycles. The zero-order valence-electron chi connectivity index (χ0n) is 15.9. The second-order valence-electron chi connectivity index (χ2n) is 7.00. The van der Waals surface area contributed by atoms with Gasteiger partial charge in [-0.2, -0.15) is 0 Å². The molecule has 1 heterocycles. The molecule has 0 aliphatic rings. The highest BCUT2D eigenvalue weighted by molar-refractivity contribution is 9.10. The van der Waals surface area contributed by atoms with E-state index < -0.39 is 0 Å². The molecule has 1 unspecified atom stereocenters. The van der Waals surface area contributed by atoms with Gasteiger partial charge in [0.05, 0.1) is 16.2 Å². The van der Waals surface area contributed by atoms with Gasteiger partial charge >= 0.3 is 0 Å². The van der Waals surface area contributed by atoms with Gasteiger partial charge in [-0.15, -0.1) is 0 Å². The van der Waals surface area contributed by atoms with Crippen molar-refractivity contribution in [3.8, 4) is 0 Å². The Labute approximate surface area is 167 Å². The molecule has 142 valence electrons. The van der Waals surface area contributed by atoms with Crippen LogP contribution in [0.5, 0.6) is 0 Å². The van der Waals surface area contributed by atoms with Crippen molar-refractivity contribution in [1.82, 2.24) is 14.9 Å². The predicted molar refractivity (Wildman–Crippen MR) is 112 cm³/mol. The van der Waals surface area contributed by atoms with Gasteiger partial charge in [0, 0.05) is 16.6 Å². The van der Waals surface area contributed by atoms with Gasteiger partial charge in [0.25, 0.3) is 5.56 Å². The Morgan fingerprint density at radius 3 is 2.69 bits per heavy atom. The molecule has 0 spiro atoms. The van der Waals surface area contributed by atoms with Crippen molar-refractivity contribution in [2.75, 3.05) is 0 Å². The molecule has 0 aliphatic heterocycles. The predicted octanol–water partition coefficient (Wildman–Crippen LogP) is 4.35. The molecule has 1 aromatic carbocycles. The first-order valence-electron chi connectivity index (χ1n) is 8.87. The third-order valence-corrected chi connectivity index (χ3v) is 5.91. The van der Waals surface area contributed by atoms with E-state index in [4.69, 9.17) is 0 Å². The number of nitrogens with one attached hydrogen (secondary N) is 1. The molecule has 1 aromatic heterocycles. The highest BCUT2D eigenvalue weighted by Gasteiger charge is 2.24. The van der Waals surface area contributed by atoms with Crippen molar-refractivity contribution in [3.63, 3.8) is 0 Å². The van der Waals surface area contributed by atoms with E-state index in [0.29, 0.717) is 22.6 Å². The summed E-state index contributed by atoms with van der Waals surface area (Å²) in [6.07, 6.45) is 1.66. The number of rotatable bonds is 7. The molecular weight excluding hydrogens is 414 g/mol. The van der Waals surface area contributed by atoms with Crippen LogP contribution in [0.4, 0.5) is 0 Å². The molecule has 0 saturated heterocycles. The number of benzene rings is 1. The number of fused-ring (bicyclic) bond motifs is 1. The quantitative estimate of drug-likeness (QED) is 0.514. The third kappa shape index (κ3) is 4.88. The Hall–Kier alpha value is -1.34. The van der Waals surface area contributed by atoms with E-state index in [1.54, 1.807) is 10.6 Å². The Bertz CT molecular complexity index is 864. The first kappa shape index (κ1) is 21.0. The van der Waals surface area contributed by atoms with Crippen LogP contribution in [-0.4, -0.2) is 26.2 Å². The van der Waals surface area contributed by atoms with Crippen molar-refractivity contribution in [2.45, 2.75) is 70.0 Å². The lowest BCUT2D eigenvalue weighted by Crippen LogP contribution is -2.46. The fraction of sp³-hybridized carbons (Fsp3) is 0.526. The maximum Gasteiger partial charge on any atom is 0.262 e. The lowest BCUT2D eigenvalue weighted by molar-refractivity contribution is -0.121. The lowest BCUT2D eigenvalue weighted by atomic mass is 10.0. The first-order valence-corrected chi connectivity index (χ1v) is 10.5. The topological polar surface area (TPSA) is 64.0 Å². The monoisotopic (exact) mass is 439 g/mol. The van der Waals surface area contributed by atoms with Gasteiger partial charge in [0.1, 0.15) is 0 Å². The van der Waals surface area contributed by atoms with E-state index in [0.717, 1.165) is 17.3 Å². The Kier molecular flexibility index (Phi) is 6.91. The first-order chi connectivity index (χ1) is 12.2. The molecule has 0 aliphatic carbocycles. The van der Waals surface area contributed by atoms with Crippen molar-refractivity contribution >= 4 is 44.5 Å². The van der Waals surface area contributed by atoms with Gasteiger partial charge < -0.3 is 5.32 Å². The number of aromatic nitrogens is 2. The van der Waals surface area contributed by atoms with E-state index in [1.807, 2.05) is 46.8 Å². The van der Waals surface area contributed by atoms with Gasteiger partial charge in [-0.05, 0) is 51.8 Å². The van der Waals surface area contributed by atoms with Gasteiger partial charge in [-0.3, -0.25) is 14.2 Å². The van der Waals surface area contributed by atoms with Crippen LogP contribution in [-0.2, 0) is 11.3 Å². The highest BCUT2D eigenvalue weighted by atomic mass is 79.9. The van der Waals surface area contributed by atoms with Crippen LogP contribution in [0.2, 0.25) is 0 Å². The fourth-order valence-corrected chi connectivity index (χ4v) is 3.71. The van der Waals surface area contributed by atoms with E-state index in [2.05, 4.69) is 26.2 Å². The summed E-state index contributed by atoms with van der Waals surface area (Å²) < 4.78 is 2.52. The molecular formula is C19H26BrN3O2S. The van der Waals surface area contributed by atoms with Crippen molar-refractivity contribution in [1.29, 1.82) is 0 Å². The van der Waals surface area contributed by atoms with Crippen LogP contribution in [0, 0.1) is 0 Å². The van der Waals surface area contributed by atoms with Crippen LogP contribution in [0.25, 0.3) is 10.9 Å². The Morgan fingerprint density at radius 2 is 2.08 bits per heavy atom. The van der Waals surface area contributed by atoms with Crippen LogP contribution < -0.4 is 10.9 Å². The number of carbonyl (C=O) groups is 1. The molecule has 26 heavy (non-hydrogen) atoms. The van der Waals surface area contributed by atoms with E-state index in [1.165, 1.54) is 11.8 Å². The minimum atomic E-state index is -0.344. The lowest BCUT2D eigenvalue weighted by Gasteiger charge is -2.26. The van der Waals surface area contributed by atoms with Crippen molar-refractivity contribution in [3.05, 3.63) is 33.0 Å². The molecule has 0 bridgehead atoms. The van der Waals surface area contributed by atoms with E-state index in [9.17, 15) is 9.59 Å². The van der Waals surface area contributed by atoms with Crippen LogP contribution in [0.15, 0.2) is 32.6 Å². The number of nitrogens with zero attached hydrogens (tertiary/aromatic N) is 2. The minimum absolute atomic E-state index is 0.0462. The fourth-order valence-electron chi connectivity index (χ4n) is 2.42. The largest absolute Gasteiger partial charge is 0.350 e. The van der Waals surface area contributed by atoms with Gasteiger partial charge in [-0.1, -0.05) is 41.5 Å². The molecule has 1 amide bonds. The summed E-state index contributed by atoms with van der Waals surface area (Å²) in [5.41, 5.74) is 0.328. The number of hydrogen-bond donors (Lipinski definition) is 1. The van der Waals surface area contributed by atoms with Crippen molar-refractivity contribution < 1.29 is 4.79 Å². The zero-order chi connectivity index (χ0) is 19.5. The maximum atomic E-state index is 12.9. The third-order valence-electron chi connectivity index (χ3n) is 4.33. The highest BCUT2D eigenvalue weighted by Crippen LogP contribution is 2.25. The zero-order valence-corrected chi connectivity index (χ0v) is 18.3. The second-order valence-corrected chi connectivity index (χ2v) is 9.22. The summed E-state index contributed by atoms with van der Waals surface area (Å²) in [6, 6.07) is 5.49. The van der Waals surface area contributed by atoms with E-state index >= 15 is 0 Å². The molecule has 5 nitrogen and oxygen atoms in total. The number of halogens is 1. The van der Waals surface area contributed by atoms with Crippen LogP contribution in [0.1, 0.15) is 47.5 Å². The average Bonchev–Trinajstić information content (AvgIpc) is 2.58. The Morgan fingerprint density at radius 1 is 1.38 bits per heavy atom. The molecule has 2 rings (SSSR count). The maximum absolute atomic E-state index is 12.9. The summed E-state index contributed by atoms with van der Waals surface area (Å²) in [5.74, 6) is -0.0462. The van der Waals surface area contributed by atoms with Gasteiger partial charge in [0.15, 0.2) is 5.16 Å². The van der Waals surface area contributed by atoms with Crippen LogP contribution >= 0.6 is 27.7 Å². The summed E-state index contributed by atoms with van der Waals surface area (Å²) in [5, 5.41) is 3.88. The number of carbonyl (C=O) groups excluding carboxylic acids is 1. The smallest absolute Gasteiger partial charge is 0.262 e. The molecule has 1 atom stereocenters. The molecule has 0 radical (unpaired) electrons. The standard InChI is InChI=1S/C19H26BrN3O2S/c1-6-10-23-17(25)14-11-13(20)8-9-15(14)21-18(23)26-12(3)16(24)22-19(4,5)7-2/h8-9,11-12H,6-7,10H2,1-5H3,(H,22,24). The summed E-state index contributed by atoms with van der Waals surface area (Å²) in [6.45, 7) is 10.5. The molecule has 7 heteroatoms. The minimum Gasteiger partial charge on any atom is -0.350 e. The summed E-state index contributed by atoms with van der Waals surface area (Å²) >= 11 is 4.74. The normalized spacial score (nSPS) is 13.0. The summed E-state index contributed by atoms with van der Waals surface area (Å²) in [4.78, 5) is 30.1. The SMILES string of the molecule is CCCn1c(SC(C)C(=O)NC(C)(C)CC)nc2ccc(Br)cc2c1=O. The average molecular weight is 440 g/mol. The Balaban J connectivity index is 2.39. The number of thioether (sulfide) groups is 1. The van der Waals surface area contributed by atoms with Gasteiger partial charge in [-0.25, -0.2) is 4.98 Å². The molecule has 0 fully saturated rings. The van der Waals surface area contributed by atoms with Crippen LogP contribution in [0.3, 0.4) is 0 Å². The van der Waals surface area contributed by atoms with Gasteiger partial charge in [0.2, 0.25) is 5.91 Å². The second kappa shape index (κ2) is 8.57. The number of amides is 1. The van der Waals surface area contributed by atoms with E-state index in [-0.39, 0.29) is 22.3 Å².